The Morgan fingerprint density at radius 1 is 1.24 bits per heavy atom. The summed E-state index contributed by atoms with van der Waals surface area (Å²) in [7, 11) is 0. The van der Waals surface area contributed by atoms with Crippen LogP contribution in [0.1, 0.15) is 52.9 Å². The van der Waals surface area contributed by atoms with Crippen molar-refractivity contribution in [3.63, 3.8) is 0 Å². The highest BCUT2D eigenvalue weighted by atomic mass is 35.5. The number of carbonyl (C=O) groups is 2. The summed E-state index contributed by atoms with van der Waals surface area (Å²) < 4.78 is 0. The van der Waals surface area contributed by atoms with Crippen molar-refractivity contribution < 1.29 is 9.59 Å². The van der Waals surface area contributed by atoms with Gasteiger partial charge in [-0.25, -0.2) is 0 Å². The highest BCUT2D eigenvalue weighted by Gasteiger charge is 2.36. The van der Waals surface area contributed by atoms with E-state index in [2.05, 4.69) is 10.6 Å². The molecule has 0 aromatic carbocycles. The Morgan fingerprint density at radius 2 is 1.76 bits per heavy atom. The van der Waals surface area contributed by atoms with Crippen LogP contribution in [-0.4, -0.2) is 29.9 Å². The van der Waals surface area contributed by atoms with Crippen molar-refractivity contribution in [1.82, 2.24) is 10.6 Å². The van der Waals surface area contributed by atoms with E-state index in [0.29, 0.717) is 24.4 Å². The Balaban J connectivity index is 0.00000220. The zero-order valence-corrected chi connectivity index (χ0v) is 14.0. The molecule has 2 rings (SSSR count). The Morgan fingerprint density at radius 3 is 2.19 bits per heavy atom. The van der Waals surface area contributed by atoms with E-state index in [1.165, 1.54) is 12.8 Å². The van der Waals surface area contributed by atoms with Crippen molar-refractivity contribution in [2.75, 3.05) is 0 Å². The van der Waals surface area contributed by atoms with Crippen molar-refractivity contribution in [2.24, 2.45) is 17.1 Å². The van der Waals surface area contributed by atoms with Crippen molar-refractivity contribution >= 4 is 24.2 Å². The molecular formula is C15H28ClN3O2. The fourth-order valence-electron chi connectivity index (χ4n) is 3.54. The van der Waals surface area contributed by atoms with Crippen LogP contribution >= 0.6 is 12.4 Å². The average Bonchev–Trinajstić information content (AvgIpc) is 2.64. The lowest BCUT2D eigenvalue weighted by molar-refractivity contribution is -0.130. The summed E-state index contributed by atoms with van der Waals surface area (Å²) in [5.74, 6) is -0.0755. The van der Waals surface area contributed by atoms with Crippen molar-refractivity contribution in [2.45, 2.75) is 71.0 Å². The minimum atomic E-state index is -0.603. The summed E-state index contributed by atoms with van der Waals surface area (Å²) in [5.41, 5.74) is 5.04. The van der Waals surface area contributed by atoms with Gasteiger partial charge >= 0.3 is 0 Å². The highest BCUT2D eigenvalue weighted by Crippen LogP contribution is 2.32. The number of carbonyl (C=O) groups excluding carboxylic acids is 2. The van der Waals surface area contributed by atoms with Crippen LogP contribution in [0.5, 0.6) is 0 Å². The van der Waals surface area contributed by atoms with Crippen LogP contribution in [0.15, 0.2) is 0 Å². The number of hydrogen-bond acceptors (Lipinski definition) is 3. The SMILES string of the molecule is CC(C)(C)C(NC(=O)CC1CC2CCC(C1)N2)C(N)=O.Cl. The monoisotopic (exact) mass is 317 g/mol. The van der Waals surface area contributed by atoms with Gasteiger partial charge in [0.25, 0.3) is 0 Å². The summed E-state index contributed by atoms with van der Waals surface area (Å²) in [6.07, 6.45) is 5.11. The number of nitrogens with two attached hydrogens (primary N) is 1. The summed E-state index contributed by atoms with van der Waals surface area (Å²) in [6, 6.07) is 0.565. The van der Waals surface area contributed by atoms with Crippen LogP contribution in [0.25, 0.3) is 0 Å². The van der Waals surface area contributed by atoms with E-state index in [-0.39, 0.29) is 23.7 Å². The molecule has 0 aliphatic carbocycles. The molecule has 3 unspecified atom stereocenters. The first kappa shape index (κ1) is 18.2. The zero-order chi connectivity index (χ0) is 14.9. The largest absolute Gasteiger partial charge is 0.368 e. The Hall–Kier alpha value is -0.810. The number of amides is 2. The van der Waals surface area contributed by atoms with E-state index >= 15 is 0 Å². The third kappa shape index (κ3) is 4.85. The molecule has 2 aliphatic heterocycles. The fraction of sp³-hybridized carbons (Fsp3) is 0.867. The molecule has 2 saturated heterocycles. The van der Waals surface area contributed by atoms with Crippen molar-refractivity contribution in [3.8, 4) is 0 Å². The second kappa shape index (κ2) is 6.97. The molecule has 122 valence electrons. The predicted octanol–water partition coefficient (Wildman–Crippen LogP) is 1.35. The molecule has 4 N–H and O–H groups in total. The molecule has 2 heterocycles. The maximum absolute atomic E-state index is 12.2. The van der Waals surface area contributed by atoms with Gasteiger partial charge in [-0.2, -0.15) is 0 Å². The molecule has 5 nitrogen and oxygen atoms in total. The minimum Gasteiger partial charge on any atom is -0.368 e. The van der Waals surface area contributed by atoms with Gasteiger partial charge in [0, 0.05) is 18.5 Å². The standard InChI is InChI=1S/C15H27N3O2.ClH/c1-15(2,3)13(14(16)20)18-12(19)8-9-6-10-4-5-11(7-9)17-10;/h9-11,13,17H,4-8H2,1-3H3,(H2,16,20)(H,18,19);1H. The Labute approximate surface area is 133 Å². The maximum atomic E-state index is 12.2. The van der Waals surface area contributed by atoms with Gasteiger partial charge in [-0.05, 0) is 37.0 Å². The van der Waals surface area contributed by atoms with Gasteiger partial charge in [0.15, 0.2) is 0 Å². The second-order valence-electron chi connectivity index (χ2n) is 7.45. The number of hydrogen-bond donors (Lipinski definition) is 3. The van der Waals surface area contributed by atoms with Gasteiger partial charge in [0.05, 0.1) is 0 Å². The van der Waals surface area contributed by atoms with Crippen molar-refractivity contribution in [1.29, 1.82) is 0 Å². The van der Waals surface area contributed by atoms with Crippen LogP contribution in [0.2, 0.25) is 0 Å². The van der Waals surface area contributed by atoms with Crippen LogP contribution in [0, 0.1) is 11.3 Å². The lowest BCUT2D eigenvalue weighted by Crippen LogP contribution is -2.52. The predicted molar refractivity (Wildman–Crippen MR) is 85.1 cm³/mol. The van der Waals surface area contributed by atoms with E-state index in [1.807, 2.05) is 20.8 Å². The van der Waals surface area contributed by atoms with Gasteiger partial charge in [-0.15, -0.1) is 12.4 Å². The van der Waals surface area contributed by atoms with E-state index < -0.39 is 11.9 Å². The fourth-order valence-corrected chi connectivity index (χ4v) is 3.54. The summed E-state index contributed by atoms with van der Waals surface area (Å²) in [6.45, 7) is 5.73. The first-order chi connectivity index (χ1) is 9.25. The molecule has 2 bridgehead atoms. The number of rotatable bonds is 4. The summed E-state index contributed by atoms with van der Waals surface area (Å²) in [4.78, 5) is 23.7. The molecule has 0 spiro atoms. The quantitative estimate of drug-likeness (QED) is 0.731. The van der Waals surface area contributed by atoms with Crippen LogP contribution in [-0.2, 0) is 9.59 Å². The molecule has 21 heavy (non-hydrogen) atoms. The van der Waals surface area contributed by atoms with Gasteiger partial charge in [0.1, 0.15) is 6.04 Å². The van der Waals surface area contributed by atoms with Crippen LogP contribution < -0.4 is 16.4 Å². The number of primary amides is 1. The number of halogens is 1. The van der Waals surface area contributed by atoms with E-state index in [0.717, 1.165) is 12.8 Å². The molecular weight excluding hydrogens is 290 g/mol. The first-order valence-corrected chi connectivity index (χ1v) is 7.60. The van der Waals surface area contributed by atoms with Gasteiger partial charge < -0.3 is 16.4 Å². The Bertz CT molecular complexity index is 383. The van der Waals surface area contributed by atoms with Crippen molar-refractivity contribution in [3.05, 3.63) is 0 Å². The Kier molecular flexibility index (Phi) is 6.05. The number of fused-ring (bicyclic) bond motifs is 2. The van der Waals surface area contributed by atoms with Gasteiger partial charge in [-0.3, -0.25) is 9.59 Å². The second-order valence-corrected chi connectivity index (χ2v) is 7.45. The van der Waals surface area contributed by atoms with Gasteiger partial charge in [-0.1, -0.05) is 20.8 Å². The highest BCUT2D eigenvalue weighted by molar-refractivity contribution is 5.87. The number of piperidine rings is 1. The first-order valence-electron chi connectivity index (χ1n) is 7.60. The topological polar surface area (TPSA) is 84.2 Å². The molecule has 6 heteroatoms. The minimum absolute atomic E-state index is 0. The lowest BCUT2D eigenvalue weighted by Gasteiger charge is -2.31. The third-order valence-electron chi connectivity index (χ3n) is 4.50. The van der Waals surface area contributed by atoms with Gasteiger partial charge in [0.2, 0.25) is 11.8 Å². The zero-order valence-electron chi connectivity index (χ0n) is 13.1. The van der Waals surface area contributed by atoms with E-state index in [4.69, 9.17) is 5.73 Å². The number of nitrogens with one attached hydrogen (secondary N) is 2. The van der Waals surface area contributed by atoms with Crippen LogP contribution in [0.3, 0.4) is 0 Å². The molecule has 0 radical (unpaired) electrons. The van der Waals surface area contributed by atoms with E-state index in [9.17, 15) is 9.59 Å². The molecule has 0 aromatic heterocycles. The normalized spacial score (nSPS) is 29.4. The van der Waals surface area contributed by atoms with Crippen LogP contribution in [0.4, 0.5) is 0 Å². The lowest BCUT2D eigenvalue weighted by atomic mass is 9.85. The summed E-state index contributed by atoms with van der Waals surface area (Å²) in [5, 5.41) is 6.39. The molecule has 0 saturated carbocycles. The molecule has 2 aliphatic rings. The summed E-state index contributed by atoms with van der Waals surface area (Å²) >= 11 is 0. The molecule has 2 amide bonds. The smallest absolute Gasteiger partial charge is 0.240 e. The average molecular weight is 318 g/mol. The molecule has 0 aromatic rings. The maximum Gasteiger partial charge on any atom is 0.240 e. The van der Waals surface area contributed by atoms with E-state index in [1.54, 1.807) is 0 Å². The molecule has 2 fully saturated rings. The molecule has 3 atom stereocenters. The third-order valence-corrected chi connectivity index (χ3v) is 4.50.